The number of aliphatic imine (C=N–C) groups is 1. The van der Waals surface area contributed by atoms with E-state index in [1.165, 1.54) is 0 Å². The van der Waals surface area contributed by atoms with Gasteiger partial charge in [-0.1, -0.05) is 11.6 Å². The summed E-state index contributed by atoms with van der Waals surface area (Å²) in [6.07, 6.45) is -19.7. The van der Waals surface area contributed by atoms with Crippen LogP contribution >= 0.6 is 11.6 Å². The van der Waals surface area contributed by atoms with Crippen LogP contribution in [0.4, 0.5) is 11.6 Å². The summed E-state index contributed by atoms with van der Waals surface area (Å²) < 4.78 is 10.2. The van der Waals surface area contributed by atoms with Gasteiger partial charge in [0, 0.05) is 0 Å². The smallest absolute Gasteiger partial charge is 0.335 e. The van der Waals surface area contributed by atoms with Gasteiger partial charge in [0.05, 0.1) is 0 Å². The Morgan fingerprint density at radius 1 is 0.744 bits per heavy atom. The second-order valence-corrected chi connectivity index (χ2v) is 8.62. The summed E-state index contributed by atoms with van der Waals surface area (Å²) in [7, 11) is 0. The molecule has 14 N–H and O–H groups in total. The topological polar surface area (TPSA) is 346 Å². The normalized spacial score (nSPS) is 34.5. The number of aromatic nitrogens is 2. The Morgan fingerprint density at radius 2 is 1.18 bits per heavy atom. The summed E-state index contributed by atoms with van der Waals surface area (Å²) in [5, 5.41) is 82.8. The number of hydrogen-bond acceptors (Lipinski definition) is 15. The number of nitrogens with zero attached hydrogens (tertiary/aromatic N) is 3. The molecule has 2 aliphatic heterocycles. The number of aliphatic carboxylic acids is 2. The number of carboxylic acid groups (broad SMARTS) is 2. The number of anilines is 2. The molecular formula is C18H24ClN7O13. The Balaban J connectivity index is 2.01. The van der Waals surface area contributed by atoms with Gasteiger partial charge in [-0.05, 0) is 0 Å². The van der Waals surface area contributed by atoms with Crippen LogP contribution in [-0.2, 0) is 19.1 Å². The molecule has 216 valence electrons. The molecule has 10 unspecified atom stereocenters. The van der Waals surface area contributed by atoms with Crippen molar-refractivity contribution < 1.29 is 64.7 Å². The molecular weight excluding hydrogens is 558 g/mol. The molecule has 10 atom stereocenters. The number of aliphatic hydroxyl groups excluding tert-OH is 6. The minimum Gasteiger partial charge on any atom is -0.479 e. The Bertz CT molecular complexity index is 1150. The fourth-order valence-corrected chi connectivity index (χ4v) is 3.78. The summed E-state index contributed by atoms with van der Waals surface area (Å²) in [5.74, 6) is -6.56. The lowest BCUT2D eigenvalue weighted by Crippen LogP contribution is -2.62. The van der Waals surface area contributed by atoms with Gasteiger partial charge in [0.1, 0.15) is 36.6 Å². The molecule has 1 amide bonds. The van der Waals surface area contributed by atoms with Gasteiger partial charge >= 0.3 is 17.8 Å². The molecule has 1 aromatic rings. The Hall–Kier alpha value is -3.47. The van der Waals surface area contributed by atoms with Gasteiger partial charge in [-0.25, -0.2) is 19.6 Å². The van der Waals surface area contributed by atoms with E-state index in [-0.39, 0.29) is 0 Å². The third-order valence-corrected chi connectivity index (χ3v) is 5.82. The van der Waals surface area contributed by atoms with E-state index >= 15 is 0 Å². The molecule has 0 aromatic carbocycles. The average Bonchev–Trinajstić information content (AvgIpc) is 2.85. The zero-order chi connectivity index (χ0) is 29.3. The zero-order valence-electron chi connectivity index (χ0n) is 19.3. The number of ether oxygens (including phenoxy) is 2. The van der Waals surface area contributed by atoms with Crippen LogP contribution in [0.2, 0.25) is 5.15 Å². The molecule has 20 nitrogen and oxygen atoms in total. The van der Waals surface area contributed by atoms with Gasteiger partial charge in [-0.3, -0.25) is 4.79 Å². The fourth-order valence-electron chi connectivity index (χ4n) is 3.60. The van der Waals surface area contributed by atoms with Gasteiger partial charge in [0.15, 0.2) is 53.1 Å². The van der Waals surface area contributed by atoms with Crippen LogP contribution in [0.15, 0.2) is 4.99 Å². The zero-order valence-corrected chi connectivity index (χ0v) is 20.0. The Labute approximate surface area is 221 Å². The van der Waals surface area contributed by atoms with Crippen LogP contribution in [0.5, 0.6) is 0 Å². The maximum atomic E-state index is 12.5. The third-order valence-electron chi connectivity index (χ3n) is 5.56. The van der Waals surface area contributed by atoms with Crippen molar-refractivity contribution in [3.8, 4) is 0 Å². The predicted octanol–water partition coefficient (Wildman–Crippen LogP) is -5.85. The lowest BCUT2D eigenvalue weighted by atomic mass is 9.98. The number of carboxylic acids is 2. The van der Waals surface area contributed by atoms with E-state index in [4.69, 9.17) is 32.5 Å². The van der Waals surface area contributed by atoms with Gasteiger partial charge in [0.25, 0.3) is 0 Å². The number of nitrogens with two attached hydrogens (primary N) is 2. The molecule has 1 aromatic heterocycles. The van der Waals surface area contributed by atoms with E-state index in [1.807, 2.05) is 0 Å². The minimum atomic E-state index is -2.04. The number of hydrogen-bond donors (Lipinski definition) is 12. The lowest BCUT2D eigenvalue weighted by molar-refractivity contribution is -0.221. The molecule has 3 heterocycles. The highest BCUT2D eigenvalue weighted by Crippen LogP contribution is 2.29. The number of carbonyl (C=O) groups is 3. The molecule has 0 spiro atoms. The number of guanidine groups is 1. The highest BCUT2D eigenvalue weighted by Gasteiger charge is 2.49. The summed E-state index contributed by atoms with van der Waals surface area (Å²) in [5.41, 5.74) is 9.68. The second kappa shape index (κ2) is 11.7. The first-order valence-electron chi connectivity index (χ1n) is 10.7. The molecule has 3 rings (SSSR count). The summed E-state index contributed by atoms with van der Waals surface area (Å²) in [4.78, 5) is 46.3. The molecule has 2 saturated heterocycles. The fraction of sp³-hybridized carbons (Fsp3) is 0.556. The van der Waals surface area contributed by atoms with Crippen LogP contribution in [-0.4, -0.2) is 136 Å². The van der Waals surface area contributed by atoms with Crippen molar-refractivity contribution >= 4 is 47.0 Å². The van der Waals surface area contributed by atoms with Crippen molar-refractivity contribution in [2.75, 3.05) is 10.6 Å². The number of nitrogens with one attached hydrogen (secondary N) is 2. The van der Waals surface area contributed by atoms with Crippen LogP contribution in [0, 0.1) is 0 Å². The van der Waals surface area contributed by atoms with Crippen molar-refractivity contribution in [2.45, 2.75) is 61.3 Å². The average molecular weight is 582 g/mol. The molecule has 0 bridgehead atoms. The quantitative estimate of drug-likeness (QED) is 0.105. The molecule has 0 saturated carbocycles. The standard InChI is InChI=1S/C18H24ClN7O13/c19-10-12(25-15-7(32)3(28)5(30)9(39-15)17(36)37)23-11(1(22-10)13(33)26-18(20)21)24-14-6(31)2(27)4(29)8(38-14)16(34)35/h2-9,14-15,27-32H,(H,34,35)(H,36,37)(H2,23,24,25)(H4,20,21,26,33). The molecule has 21 heteroatoms. The van der Waals surface area contributed by atoms with E-state index < -0.39 is 108 Å². The van der Waals surface area contributed by atoms with Gasteiger partial charge in [-0.15, -0.1) is 0 Å². The third kappa shape index (κ3) is 6.24. The van der Waals surface area contributed by atoms with E-state index in [0.717, 1.165) is 0 Å². The highest BCUT2D eigenvalue weighted by atomic mass is 35.5. The van der Waals surface area contributed by atoms with Crippen LogP contribution < -0.4 is 22.1 Å². The molecule has 2 fully saturated rings. The van der Waals surface area contributed by atoms with Gasteiger partial charge in [-0.2, -0.15) is 4.99 Å². The molecule has 0 aliphatic carbocycles. The summed E-state index contributed by atoms with van der Waals surface area (Å²) in [6, 6.07) is 0. The predicted molar refractivity (Wildman–Crippen MR) is 123 cm³/mol. The highest BCUT2D eigenvalue weighted by molar-refractivity contribution is 6.32. The van der Waals surface area contributed by atoms with Crippen molar-refractivity contribution in [3.63, 3.8) is 0 Å². The first-order valence-corrected chi connectivity index (χ1v) is 11.1. The Morgan fingerprint density at radius 3 is 1.59 bits per heavy atom. The lowest BCUT2D eigenvalue weighted by Gasteiger charge is -2.39. The summed E-state index contributed by atoms with van der Waals surface area (Å²) in [6.45, 7) is 0. The van der Waals surface area contributed by atoms with Crippen molar-refractivity contribution in [1.82, 2.24) is 9.97 Å². The SMILES string of the molecule is NC(N)=NC(=O)c1nc(Cl)c(NC2OC(C(=O)O)C(O)C(O)C2O)nc1NC1OC(C(=O)O)C(O)C(O)C1O. The van der Waals surface area contributed by atoms with Crippen LogP contribution in [0.3, 0.4) is 0 Å². The summed E-state index contributed by atoms with van der Waals surface area (Å²) >= 11 is 6.07. The number of carbonyl (C=O) groups excluding carboxylic acids is 1. The number of halogens is 1. The van der Waals surface area contributed by atoms with E-state index in [1.54, 1.807) is 0 Å². The number of rotatable bonds is 7. The van der Waals surface area contributed by atoms with Crippen LogP contribution in [0.25, 0.3) is 0 Å². The number of aliphatic hydroxyl groups is 6. The first kappa shape index (κ1) is 30.1. The first-order chi connectivity index (χ1) is 18.1. The molecule has 2 aliphatic rings. The molecule has 39 heavy (non-hydrogen) atoms. The minimum absolute atomic E-state index is 0.544. The van der Waals surface area contributed by atoms with Crippen molar-refractivity contribution in [3.05, 3.63) is 10.8 Å². The monoisotopic (exact) mass is 581 g/mol. The Kier molecular flexibility index (Phi) is 9.05. The van der Waals surface area contributed by atoms with Gasteiger partial charge < -0.3 is 72.4 Å². The number of amides is 1. The van der Waals surface area contributed by atoms with Crippen molar-refractivity contribution in [1.29, 1.82) is 0 Å². The maximum absolute atomic E-state index is 12.5. The molecule has 0 radical (unpaired) electrons. The van der Waals surface area contributed by atoms with E-state index in [2.05, 4.69) is 25.6 Å². The van der Waals surface area contributed by atoms with E-state index in [9.17, 15) is 55.2 Å². The van der Waals surface area contributed by atoms with Crippen LogP contribution in [0.1, 0.15) is 10.5 Å². The van der Waals surface area contributed by atoms with Crippen molar-refractivity contribution in [2.24, 2.45) is 16.5 Å². The maximum Gasteiger partial charge on any atom is 0.335 e. The largest absolute Gasteiger partial charge is 0.479 e. The van der Waals surface area contributed by atoms with E-state index in [0.29, 0.717) is 0 Å². The van der Waals surface area contributed by atoms with Gasteiger partial charge in [0.2, 0.25) is 0 Å². The second-order valence-electron chi connectivity index (χ2n) is 8.27.